The summed E-state index contributed by atoms with van der Waals surface area (Å²) in [5.41, 5.74) is 1.48. The fraction of sp³-hybridized carbons (Fsp3) is 0.571. The van der Waals surface area contributed by atoms with Crippen molar-refractivity contribution in [3.63, 3.8) is 0 Å². The van der Waals surface area contributed by atoms with Crippen LogP contribution in [0.5, 0.6) is 0 Å². The lowest BCUT2D eigenvalue weighted by Crippen LogP contribution is -2.52. The van der Waals surface area contributed by atoms with Crippen LogP contribution >= 0.6 is 15.9 Å². The number of benzene rings is 1. The number of ether oxygens (including phenoxy) is 2. The monoisotopic (exact) mass is 311 g/mol. The van der Waals surface area contributed by atoms with Crippen LogP contribution in [0.3, 0.4) is 0 Å². The van der Waals surface area contributed by atoms with Crippen molar-refractivity contribution in [2.45, 2.75) is 17.9 Å². The van der Waals surface area contributed by atoms with Crippen LogP contribution in [0, 0.1) is 0 Å². The zero-order valence-corrected chi connectivity index (χ0v) is 11.9. The van der Waals surface area contributed by atoms with Crippen molar-refractivity contribution in [2.24, 2.45) is 0 Å². The van der Waals surface area contributed by atoms with Gasteiger partial charge in [0.25, 0.3) is 0 Å². The SMILES string of the molecule is Brc1ccccc1C1(CC2CNCCO2)COC1. The quantitative estimate of drug-likeness (QED) is 0.927. The summed E-state index contributed by atoms with van der Waals surface area (Å²) in [6.07, 6.45) is 1.33. The minimum absolute atomic E-state index is 0.129. The molecule has 0 aliphatic carbocycles. The van der Waals surface area contributed by atoms with Crippen LogP contribution in [0.2, 0.25) is 0 Å². The first kappa shape index (κ1) is 12.6. The summed E-state index contributed by atoms with van der Waals surface area (Å²) >= 11 is 3.66. The van der Waals surface area contributed by atoms with E-state index < -0.39 is 0 Å². The van der Waals surface area contributed by atoms with Crippen LogP contribution in [0.1, 0.15) is 12.0 Å². The van der Waals surface area contributed by atoms with Gasteiger partial charge in [-0.3, -0.25) is 0 Å². The number of hydrogen-bond acceptors (Lipinski definition) is 3. The first-order valence-electron chi connectivity index (χ1n) is 6.45. The molecule has 2 fully saturated rings. The minimum atomic E-state index is 0.129. The van der Waals surface area contributed by atoms with Crippen LogP contribution < -0.4 is 5.32 Å². The second-order valence-electron chi connectivity index (χ2n) is 5.15. The van der Waals surface area contributed by atoms with E-state index in [0.29, 0.717) is 6.10 Å². The van der Waals surface area contributed by atoms with Crippen LogP contribution in [0.15, 0.2) is 28.7 Å². The van der Waals surface area contributed by atoms with Gasteiger partial charge < -0.3 is 14.8 Å². The maximum Gasteiger partial charge on any atom is 0.0710 e. The van der Waals surface area contributed by atoms with E-state index in [1.807, 2.05) is 0 Å². The van der Waals surface area contributed by atoms with E-state index in [4.69, 9.17) is 9.47 Å². The lowest BCUT2D eigenvalue weighted by Gasteiger charge is -2.45. The number of rotatable bonds is 3. The maximum absolute atomic E-state index is 5.84. The number of hydrogen-bond donors (Lipinski definition) is 1. The molecule has 2 heterocycles. The van der Waals surface area contributed by atoms with E-state index in [1.165, 1.54) is 10.0 Å². The molecule has 0 bridgehead atoms. The second kappa shape index (κ2) is 5.29. The predicted octanol–water partition coefficient (Wildman–Crippen LogP) is 2.10. The Bertz CT molecular complexity index is 414. The van der Waals surface area contributed by atoms with E-state index >= 15 is 0 Å². The summed E-state index contributed by atoms with van der Waals surface area (Å²) in [7, 11) is 0. The largest absolute Gasteiger partial charge is 0.379 e. The predicted molar refractivity (Wildman–Crippen MR) is 73.9 cm³/mol. The van der Waals surface area contributed by atoms with Gasteiger partial charge in [0.1, 0.15) is 0 Å². The average Bonchev–Trinajstić information content (AvgIpc) is 2.36. The molecule has 0 aromatic heterocycles. The second-order valence-corrected chi connectivity index (χ2v) is 6.01. The van der Waals surface area contributed by atoms with Gasteiger partial charge in [-0.15, -0.1) is 0 Å². The molecule has 1 unspecified atom stereocenters. The van der Waals surface area contributed by atoms with E-state index in [1.54, 1.807) is 0 Å². The van der Waals surface area contributed by atoms with E-state index in [2.05, 4.69) is 45.5 Å². The topological polar surface area (TPSA) is 30.5 Å². The fourth-order valence-electron chi connectivity index (χ4n) is 2.81. The van der Waals surface area contributed by atoms with Gasteiger partial charge in [0.15, 0.2) is 0 Å². The fourth-order valence-corrected chi connectivity index (χ4v) is 3.52. The van der Waals surface area contributed by atoms with Crippen molar-refractivity contribution in [3.05, 3.63) is 34.3 Å². The zero-order valence-electron chi connectivity index (χ0n) is 10.3. The minimum Gasteiger partial charge on any atom is -0.379 e. The molecule has 18 heavy (non-hydrogen) atoms. The Balaban J connectivity index is 1.79. The molecule has 2 aliphatic rings. The highest BCUT2D eigenvalue weighted by Gasteiger charge is 2.43. The molecule has 0 saturated carbocycles. The Labute approximate surface area is 116 Å². The van der Waals surface area contributed by atoms with Crippen molar-refractivity contribution in [1.29, 1.82) is 0 Å². The summed E-state index contributed by atoms with van der Waals surface area (Å²) in [5.74, 6) is 0. The van der Waals surface area contributed by atoms with Crippen molar-refractivity contribution in [3.8, 4) is 0 Å². The molecular weight excluding hydrogens is 294 g/mol. The molecule has 0 radical (unpaired) electrons. The Morgan fingerprint density at radius 2 is 2.17 bits per heavy atom. The van der Waals surface area contributed by atoms with Gasteiger partial charge in [0.2, 0.25) is 0 Å². The summed E-state index contributed by atoms with van der Waals surface area (Å²) in [6.45, 7) is 4.34. The Morgan fingerprint density at radius 1 is 1.33 bits per heavy atom. The zero-order chi connectivity index (χ0) is 12.4. The van der Waals surface area contributed by atoms with Gasteiger partial charge in [-0.2, -0.15) is 0 Å². The molecule has 1 aromatic carbocycles. The number of morpholine rings is 1. The third-order valence-electron chi connectivity index (χ3n) is 3.82. The summed E-state index contributed by atoms with van der Waals surface area (Å²) in [4.78, 5) is 0. The summed E-state index contributed by atoms with van der Waals surface area (Å²) < 4.78 is 12.5. The van der Waals surface area contributed by atoms with Crippen LogP contribution in [0.25, 0.3) is 0 Å². The molecule has 0 amide bonds. The molecule has 2 aliphatic heterocycles. The molecule has 98 valence electrons. The highest BCUT2D eigenvalue weighted by Crippen LogP contribution is 2.40. The Morgan fingerprint density at radius 3 is 2.78 bits per heavy atom. The molecule has 0 spiro atoms. The smallest absolute Gasteiger partial charge is 0.0710 e. The number of nitrogens with one attached hydrogen (secondary N) is 1. The van der Waals surface area contributed by atoms with E-state index in [9.17, 15) is 0 Å². The number of halogens is 1. The normalized spacial score (nSPS) is 26.6. The van der Waals surface area contributed by atoms with Gasteiger partial charge in [0, 0.05) is 23.0 Å². The lowest BCUT2D eigenvalue weighted by atomic mass is 9.74. The molecule has 3 rings (SSSR count). The average molecular weight is 312 g/mol. The van der Waals surface area contributed by atoms with Gasteiger partial charge >= 0.3 is 0 Å². The Kier molecular flexibility index (Phi) is 3.71. The molecule has 3 nitrogen and oxygen atoms in total. The summed E-state index contributed by atoms with van der Waals surface area (Å²) in [6, 6.07) is 8.46. The molecule has 1 atom stereocenters. The van der Waals surface area contributed by atoms with Gasteiger partial charge in [-0.1, -0.05) is 34.1 Å². The van der Waals surface area contributed by atoms with Gasteiger partial charge in [-0.05, 0) is 18.1 Å². The van der Waals surface area contributed by atoms with E-state index in [0.717, 1.165) is 39.3 Å². The van der Waals surface area contributed by atoms with Gasteiger partial charge in [0.05, 0.1) is 25.9 Å². The lowest BCUT2D eigenvalue weighted by molar-refractivity contribution is -0.0945. The van der Waals surface area contributed by atoms with Crippen molar-refractivity contribution >= 4 is 15.9 Å². The molecule has 1 N–H and O–H groups in total. The first-order chi connectivity index (χ1) is 8.80. The van der Waals surface area contributed by atoms with Crippen LogP contribution in [0.4, 0.5) is 0 Å². The first-order valence-corrected chi connectivity index (χ1v) is 7.25. The molecule has 4 heteroatoms. The van der Waals surface area contributed by atoms with E-state index in [-0.39, 0.29) is 5.41 Å². The standard InChI is InChI=1S/C14H18BrNO2/c15-13-4-2-1-3-12(13)14(9-17-10-14)7-11-8-16-5-6-18-11/h1-4,11,16H,5-10H2. The van der Waals surface area contributed by atoms with Gasteiger partial charge in [-0.25, -0.2) is 0 Å². The molecular formula is C14H18BrNO2. The third-order valence-corrected chi connectivity index (χ3v) is 4.52. The highest BCUT2D eigenvalue weighted by atomic mass is 79.9. The van der Waals surface area contributed by atoms with Crippen molar-refractivity contribution in [2.75, 3.05) is 32.9 Å². The van der Waals surface area contributed by atoms with Crippen LogP contribution in [-0.2, 0) is 14.9 Å². The maximum atomic E-state index is 5.84. The van der Waals surface area contributed by atoms with Crippen molar-refractivity contribution < 1.29 is 9.47 Å². The Hall–Kier alpha value is -0.420. The molecule has 1 aromatic rings. The molecule has 2 saturated heterocycles. The van der Waals surface area contributed by atoms with Crippen LogP contribution in [-0.4, -0.2) is 39.0 Å². The van der Waals surface area contributed by atoms with Crippen molar-refractivity contribution in [1.82, 2.24) is 5.32 Å². The summed E-state index contributed by atoms with van der Waals surface area (Å²) in [5, 5.41) is 3.39. The third kappa shape index (κ3) is 2.35. The highest BCUT2D eigenvalue weighted by molar-refractivity contribution is 9.10.